The van der Waals surface area contributed by atoms with Crippen molar-refractivity contribution in [2.75, 3.05) is 11.4 Å². The topological polar surface area (TPSA) is 64.1 Å². The number of aryl methyl sites for hydroxylation is 1. The maximum absolute atomic E-state index is 11.9. The van der Waals surface area contributed by atoms with Crippen molar-refractivity contribution in [3.63, 3.8) is 0 Å². The maximum Gasteiger partial charge on any atom is 0.267 e. The van der Waals surface area contributed by atoms with E-state index < -0.39 is 5.91 Å². The number of pyridine rings is 1. The normalized spacial score (nSPS) is 13.6. The Bertz CT molecular complexity index is 1060. The molecule has 27 heavy (non-hydrogen) atoms. The summed E-state index contributed by atoms with van der Waals surface area (Å²) in [5, 5.41) is 1.03. The predicted octanol–water partition coefficient (Wildman–Crippen LogP) is 3.50. The predicted molar refractivity (Wildman–Crippen MR) is 109 cm³/mol. The molecule has 2 N–H and O–H groups in total. The molecule has 3 aromatic rings. The summed E-state index contributed by atoms with van der Waals surface area (Å²) in [6.45, 7) is 10.4. The van der Waals surface area contributed by atoms with Gasteiger partial charge in [0.15, 0.2) is 5.82 Å². The van der Waals surface area contributed by atoms with Gasteiger partial charge in [-0.2, -0.15) is 0 Å². The molecule has 0 atom stereocenters. The summed E-state index contributed by atoms with van der Waals surface area (Å²) >= 11 is 0. The first-order chi connectivity index (χ1) is 13.0. The summed E-state index contributed by atoms with van der Waals surface area (Å²) in [5.74, 6) is 0.331. The molecule has 0 unspecified atom stereocenters. The van der Waals surface area contributed by atoms with Crippen LogP contribution in [0.3, 0.4) is 0 Å². The Morgan fingerprint density at radius 3 is 2.74 bits per heavy atom. The number of anilines is 1. The molecule has 0 saturated heterocycles. The van der Waals surface area contributed by atoms with Gasteiger partial charge in [-0.05, 0) is 43.0 Å². The third-order valence-corrected chi connectivity index (χ3v) is 5.59. The number of hydrogen-bond donors (Lipinski definition) is 1. The Balaban J connectivity index is 1.94. The second-order valence-corrected chi connectivity index (χ2v) is 7.14. The number of carbonyl (C=O) groups is 1. The lowest BCUT2D eigenvalue weighted by molar-refractivity contribution is 0.0996. The van der Waals surface area contributed by atoms with Crippen LogP contribution in [0, 0.1) is 13.8 Å². The van der Waals surface area contributed by atoms with Crippen LogP contribution in [0.2, 0.25) is 0 Å². The summed E-state index contributed by atoms with van der Waals surface area (Å²) in [4.78, 5) is 18.9. The SMILES string of the molecule is C=CCn1c(C)c(C)c2cc(C(N)=O)nc(N3CCc4ccccc4C3)c21. The summed E-state index contributed by atoms with van der Waals surface area (Å²) in [6, 6.07) is 10.3. The van der Waals surface area contributed by atoms with E-state index in [0.717, 1.165) is 47.5 Å². The zero-order chi connectivity index (χ0) is 19.1. The van der Waals surface area contributed by atoms with Crippen LogP contribution in [0.1, 0.15) is 32.9 Å². The highest BCUT2D eigenvalue weighted by molar-refractivity contribution is 6.00. The molecule has 1 aliphatic rings. The molecule has 0 bridgehead atoms. The fraction of sp³-hybridized carbons (Fsp3) is 0.273. The van der Waals surface area contributed by atoms with E-state index in [-0.39, 0.29) is 0 Å². The number of rotatable bonds is 4. The molecule has 5 nitrogen and oxygen atoms in total. The molecular formula is C22H24N4O. The first-order valence-corrected chi connectivity index (χ1v) is 9.24. The van der Waals surface area contributed by atoms with Gasteiger partial charge in [0.1, 0.15) is 5.69 Å². The zero-order valence-corrected chi connectivity index (χ0v) is 15.8. The first-order valence-electron chi connectivity index (χ1n) is 9.24. The number of hydrogen-bond acceptors (Lipinski definition) is 3. The first kappa shape index (κ1) is 17.3. The van der Waals surface area contributed by atoms with Gasteiger partial charge in [0.05, 0.1) is 5.52 Å². The largest absolute Gasteiger partial charge is 0.364 e. The smallest absolute Gasteiger partial charge is 0.267 e. The van der Waals surface area contributed by atoms with Gasteiger partial charge in [-0.3, -0.25) is 4.79 Å². The minimum atomic E-state index is -0.496. The molecule has 0 saturated carbocycles. The number of primary amides is 1. The molecular weight excluding hydrogens is 336 g/mol. The van der Waals surface area contributed by atoms with E-state index in [2.05, 4.69) is 54.2 Å². The highest BCUT2D eigenvalue weighted by Crippen LogP contribution is 2.34. The van der Waals surface area contributed by atoms with Crippen LogP contribution in [0.15, 0.2) is 43.0 Å². The fourth-order valence-electron chi connectivity index (χ4n) is 4.02. The molecule has 5 heteroatoms. The van der Waals surface area contributed by atoms with Gasteiger partial charge < -0.3 is 15.2 Å². The molecule has 2 aromatic heterocycles. The maximum atomic E-state index is 11.9. The summed E-state index contributed by atoms with van der Waals surface area (Å²) < 4.78 is 2.23. The van der Waals surface area contributed by atoms with Crippen molar-refractivity contribution in [3.05, 3.63) is 71.1 Å². The quantitative estimate of drug-likeness (QED) is 0.724. The number of allylic oxidation sites excluding steroid dienone is 1. The second kappa shape index (κ2) is 6.58. The third kappa shape index (κ3) is 2.79. The Labute approximate surface area is 159 Å². The number of nitrogens with zero attached hydrogens (tertiary/aromatic N) is 3. The average molecular weight is 360 g/mol. The lowest BCUT2D eigenvalue weighted by atomic mass is 10.00. The van der Waals surface area contributed by atoms with Crippen LogP contribution in [-0.2, 0) is 19.5 Å². The molecule has 3 heterocycles. The molecule has 0 fully saturated rings. The molecule has 1 aliphatic heterocycles. The molecule has 0 spiro atoms. The second-order valence-electron chi connectivity index (χ2n) is 7.14. The number of nitrogens with two attached hydrogens (primary N) is 1. The summed E-state index contributed by atoms with van der Waals surface area (Å²) in [7, 11) is 0. The zero-order valence-electron chi connectivity index (χ0n) is 15.8. The van der Waals surface area contributed by atoms with E-state index in [1.54, 1.807) is 0 Å². The molecule has 0 radical (unpaired) electrons. The van der Waals surface area contributed by atoms with Gasteiger partial charge in [-0.1, -0.05) is 30.3 Å². The molecule has 1 amide bonds. The van der Waals surface area contributed by atoms with E-state index in [1.807, 2.05) is 12.1 Å². The lowest BCUT2D eigenvalue weighted by Crippen LogP contribution is -2.32. The van der Waals surface area contributed by atoms with E-state index in [1.165, 1.54) is 11.1 Å². The van der Waals surface area contributed by atoms with Crippen molar-refractivity contribution in [2.24, 2.45) is 5.73 Å². The van der Waals surface area contributed by atoms with Crippen LogP contribution in [0.4, 0.5) is 5.82 Å². The Morgan fingerprint density at radius 2 is 2.04 bits per heavy atom. The number of aromatic nitrogens is 2. The van der Waals surface area contributed by atoms with E-state index in [9.17, 15) is 4.79 Å². The van der Waals surface area contributed by atoms with Crippen LogP contribution < -0.4 is 10.6 Å². The monoisotopic (exact) mass is 360 g/mol. The van der Waals surface area contributed by atoms with Gasteiger partial charge in [0, 0.05) is 30.7 Å². The Kier molecular flexibility index (Phi) is 4.22. The van der Waals surface area contributed by atoms with Gasteiger partial charge in [-0.15, -0.1) is 6.58 Å². The van der Waals surface area contributed by atoms with E-state index in [4.69, 9.17) is 10.7 Å². The summed E-state index contributed by atoms with van der Waals surface area (Å²) in [6.07, 6.45) is 2.85. The number of amides is 1. The third-order valence-electron chi connectivity index (χ3n) is 5.59. The average Bonchev–Trinajstić information content (AvgIpc) is 2.92. The van der Waals surface area contributed by atoms with Crippen LogP contribution >= 0.6 is 0 Å². The Hall–Kier alpha value is -3.08. The van der Waals surface area contributed by atoms with Crippen molar-refractivity contribution in [2.45, 2.75) is 33.4 Å². The van der Waals surface area contributed by atoms with Gasteiger partial charge >= 0.3 is 0 Å². The standard InChI is InChI=1S/C22H24N4O/c1-4-10-26-15(3)14(2)18-12-19(21(23)27)24-22(20(18)26)25-11-9-16-7-5-6-8-17(16)13-25/h4-8,12H,1,9-11,13H2,2-3H3,(H2,23,27). The molecule has 138 valence electrons. The molecule has 0 aliphatic carbocycles. The molecule has 4 rings (SSSR count). The summed E-state index contributed by atoms with van der Waals surface area (Å²) in [5.41, 5.74) is 11.9. The van der Waals surface area contributed by atoms with Crippen molar-refractivity contribution >= 4 is 22.6 Å². The van der Waals surface area contributed by atoms with Crippen molar-refractivity contribution in [3.8, 4) is 0 Å². The van der Waals surface area contributed by atoms with Crippen LogP contribution in [-0.4, -0.2) is 22.0 Å². The minimum Gasteiger partial charge on any atom is -0.364 e. The van der Waals surface area contributed by atoms with Crippen LogP contribution in [0.5, 0.6) is 0 Å². The number of carbonyl (C=O) groups excluding carboxylic acids is 1. The number of fused-ring (bicyclic) bond motifs is 2. The van der Waals surface area contributed by atoms with Gasteiger partial charge in [0.2, 0.25) is 0 Å². The van der Waals surface area contributed by atoms with Crippen molar-refractivity contribution < 1.29 is 4.79 Å². The van der Waals surface area contributed by atoms with Crippen molar-refractivity contribution in [1.82, 2.24) is 9.55 Å². The highest BCUT2D eigenvalue weighted by atomic mass is 16.1. The van der Waals surface area contributed by atoms with Crippen LogP contribution in [0.25, 0.3) is 10.9 Å². The van der Waals surface area contributed by atoms with E-state index in [0.29, 0.717) is 12.2 Å². The fourth-order valence-corrected chi connectivity index (χ4v) is 4.02. The van der Waals surface area contributed by atoms with Gasteiger partial charge in [-0.25, -0.2) is 4.98 Å². The number of benzene rings is 1. The van der Waals surface area contributed by atoms with Crippen molar-refractivity contribution in [1.29, 1.82) is 0 Å². The van der Waals surface area contributed by atoms with Gasteiger partial charge in [0.25, 0.3) is 5.91 Å². The highest BCUT2D eigenvalue weighted by Gasteiger charge is 2.24. The lowest BCUT2D eigenvalue weighted by Gasteiger charge is -2.31. The molecule has 1 aromatic carbocycles. The van der Waals surface area contributed by atoms with E-state index >= 15 is 0 Å². The Morgan fingerprint density at radius 1 is 1.30 bits per heavy atom. The minimum absolute atomic E-state index is 0.315.